The SMILES string of the molecule is CC[C@H](C)NC(=O)NC(=O)CN1CCC[C@@H]1c1nc2ccccc2s1. The molecule has 0 spiro atoms. The first-order valence-electron chi connectivity index (χ1n) is 8.76. The third-order valence-corrected chi connectivity index (χ3v) is 5.69. The molecule has 0 radical (unpaired) electrons. The molecule has 0 bridgehead atoms. The molecular weight excluding hydrogens is 336 g/mol. The highest BCUT2D eigenvalue weighted by Gasteiger charge is 2.30. The van der Waals surface area contributed by atoms with Crippen molar-refractivity contribution in [3.05, 3.63) is 29.3 Å². The summed E-state index contributed by atoms with van der Waals surface area (Å²) in [4.78, 5) is 30.8. The largest absolute Gasteiger partial charge is 0.335 e. The van der Waals surface area contributed by atoms with E-state index >= 15 is 0 Å². The van der Waals surface area contributed by atoms with E-state index in [9.17, 15) is 9.59 Å². The van der Waals surface area contributed by atoms with Gasteiger partial charge in [-0.1, -0.05) is 19.1 Å². The van der Waals surface area contributed by atoms with Gasteiger partial charge >= 0.3 is 6.03 Å². The van der Waals surface area contributed by atoms with Gasteiger partial charge in [0.2, 0.25) is 5.91 Å². The predicted octanol–water partition coefficient (Wildman–Crippen LogP) is 3.06. The molecule has 2 atom stereocenters. The van der Waals surface area contributed by atoms with Crippen LogP contribution in [-0.2, 0) is 4.79 Å². The molecule has 1 aliphatic heterocycles. The number of fused-ring (bicyclic) bond motifs is 1. The van der Waals surface area contributed by atoms with Crippen molar-refractivity contribution in [2.45, 2.75) is 45.2 Å². The van der Waals surface area contributed by atoms with Crippen LogP contribution in [0, 0.1) is 0 Å². The molecule has 6 nitrogen and oxygen atoms in total. The molecular formula is C18H24N4O2S. The summed E-state index contributed by atoms with van der Waals surface area (Å²) in [7, 11) is 0. The van der Waals surface area contributed by atoms with Crippen LogP contribution < -0.4 is 10.6 Å². The van der Waals surface area contributed by atoms with E-state index in [0.717, 1.165) is 36.3 Å². The number of amides is 3. The van der Waals surface area contributed by atoms with Crippen LogP contribution in [0.1, 0.15) is 44.2 Å². The molecule has 7 heteroatoms. The maximum absolute atomic E-state index is 12.2. The van der Waals surface area contributed by atoms with Crippen molar-refractivity contribution in [3.8, 4) is 0 Å². The maximum atomic E-state index is 12.2. The molecule has 1 aromatic heterocycles. The van der Waals surface area contributed by atoms with Gasteiger partial charge in [0.25, 0.3) is 0 Å². The van der Waals surface area contributed by atoms with E-state index in [-0.39, 0.29) is 24.5 Å². The molecule has 2 heterocycles. The van der Waals surface area contributed by atoms with Crippen molar-refractivity contribution >= 4 is 33.5 Å². The minimum absolute atomic E-state index is 0.0510. The van der Waals surface area contributed by atoms with Gasteiger partial charge in [-0.25, -0.2) is 9.78 Å². The summed E-state index contributed by atoms with van der Waals surface area (Å²) in [5, 5.41) is 6.22. The van der Waals surface area contributed by atoms with E-state index in [1.807, 2.05) is 32.0 Å². The van der Waals surface area contributed by atoms with E-state index in [1.54, 1.807) is 11.3 Å². The Kier molecular flexibility index (Phi) is 5.65. The van der Waals surface area contributed by atoms with Gasteiger partial charge in [-0.2, -0.15) is 0 Å². The Balaban J connectivity index is 1.61. The number of urea groups is 1. The summed E-state index contributed by atoms with van der Waals surface area (Å²) in [6.07, 6.45) is 2.85. The number of carbonyl (C=O) groups excluding carboxylic acids is 2. The van der Waals surface area contributed by atoms with Crippen LogP contribution in [0.15, 0.2) is 24.3 Å². The molecule has 0 aliphatic carbocycles. The average Bonchev–Trinajstić information content (AvgIpc) is 3.20. The Morgan fingerprint density at radius 3 is 2.96 bits per heavy atom. The zero-order valence-corrected chi connectivity index (χ0v) is 15.4. The van der Waals surface area contributed by atoms with Crippen LogP contribution in [0.2, 0.25) is 0 Å². The average molecular weight is 360 g/mol. The van der Waals surface area contributed by atoms with Crippen LogP contribution in [0.3, 0.4) is 0 Å². The Morgan fingerprint density at radius 1 is 1.40 bits per heavy atom. The molecule has 1 saturated heterocycles. The van der Waals surface area contributed by atoms with Crippen LogP contribution in [-0.4, -0.2) is 41.0 Å². The molecule has 0 saturated carbocycles. The lowest BCUT2D eigenvalue weighted by Gasteiger charge is -2.22. The molecule has 134 valence electrons. The first kappa shape index (κ1) is 17.8. The van der Waals surface area contributed by atoms with E-state index < -0.39 is 6.03 Å². The number of carbonyl (C=O) groups is 2. The van der Waals surface area contributed by atoms with Crippen molar-refractivity contribution < 1.29 is 9.59 Å². The predicted molar refractivity (Wildman–Crippen MR) is 99.6 cm³/mol. The fourth-order valence-corrected chi connectivity index (χ4v) is 4.18. The summed E-state index contributed by atoms with van der Waals surface area (Å²) in [6.45, 7) is 4.96. The van der Waals surface area contributed by atoms with Crippen molar-refractivity contribution in [2.75, 3.05) is 13.1 Å². The zero-order valence-electron chi connectivity index (χ0n) is 14.6. The van der Waals surface area contributed by atoms with Gasteiger partial charge in [0.1, 0.15) is 5.01 Å². The van der Waals surface area contributed by atoms with Gasteiger partial charge in [0.15, 0.2) is 0 Å². The van der Waals surface area contributed by atoms with Crippen molar-refractivity contribution in [3.63, 3.8) is 0 Å². The second-order valence-electron chi connectivity index (χ2n) is 6.48. The van der Waals surface area contributed by atoms with Gasteiger partial charge in [0.05, 0.1) is 22.8 Å². The third-order valence-electron chi connectivity index (χ3n) is 4.55. The lowest BCUT2D eigenvalue weighted by molar-refractivity contribution is -0.121. The topological polar surface area (TPSA) is 74.3 Å². The van der Waals surface area contributed by atoms with Crippen LogP contribution in [0.5, 0.6) is 0 Å². The van der Waals surface area contributed by atoms with Gasteiger partial charge in [-0.05, 0) is 44.9 Å². The fraction of sp³-hybridized carbons (Fsp3) is 0.500. The Hall–Kier alpha value is -1.99. The minimum Gasteiger partial charge on any atom is -0.335 e. The number of hydrogen-bond acceptors (Lipinski definition) is 5. The highest BCUT2D eigenvalue weighted by Crippen LogP contribution is 2.36. The lowest BCUT2D eigenvalue weighted by atomic mass is 10.2. The van der Waals surface area contributed by atoms with Crippen molar-refractivity contribution in [2.24, 2.45) is 0 Å². The van der Waals surface area contributed by atoms with E-state index in [1.165, 1.54) is 4.70 Å². The van der Waals surface area contributed by atoms with Gasteiger partial charge < -0.3 is 5.32 Å². The summed E-state index contributed by atoms with van der Waals surface area (Å²) < 4.78 is 1.17. The van der Waals surface area contributed by atoms with E-state index in [4.69, 9.17) is 4.98 Å². The number of likely N-dealkylation sites (tertiary alicyclic amines) is 1. The van der Waals surface area contributed by atoms with Crippen LogP contribution in [0.4, 0.5) is 4.79 Å². The van der Waals surface area contributed by atoms with Crippen molar-refractivity contribution in [1.82, 2.24) is 20.5 Å². The smallest absolute Gasteiger partial charge is 0.321 e. The zero-order chi connectivity index (χ0) is 17.8. The molecule has 1 fully saturated rings. The summed E-state index contributed by atoms with van der Waals surface area (Å²) in [5.41, 5.74) is 1.01. The monoisotopic (exact) mass is 360 g/mol. The first-order chi connectivity index (χ1) is 12.1. The van der Waals surface area contributed by atoms with Crippen LogP contribution >= 0.6 is 11.3 Å². The normalized spacial score (nSPS) is 19.0. The molecule has 0 unspecified atom stereocenters. The molecule has 3 rings (SSSR count). The van der Waals surface area contributed by atoms with Gasteiger partial charge in [-0.15, -0.1) is 11.3 Å². The van der Waals surface area contributed by atoms with E-state index in [0.29, 0.717) is 0 Å². The number of nitrogens with zero attached hydrogens (tertiary/aromatic N) is 2. The Labute approximate surface area is 151 Å². The fourth-order valence-electron chi connectivity index (χ4n) is 3.04. The number of nitrogens with one attached hydrogen (secondary N) is 2. The van der Waals surface area contributed by atoms with E-state index in [2.05, 4.69) is 21.6 Å². The Bertz CT molecular complexity index is 727. The number of para-hydroxylation sites is 1. The molecule has 1 aromatic carbocycles. The van der Waals surface area contributed by atoms with Gasteiger partial charge in [0, 0.05) is 6.04 Å². The van der Waals surface area contributed by atoms with Crippen molar-refractivity contribution in [1.29, 1.82) is 0 Å². The number of imide groups is 1. The number of aromatic nitrogens is 1. The highest BCUT2D eigenvalue weighted by molar-refractivity contribution is 7.18. The van der Waals surface area contributed by atoms with Crippen LogP contribution in [0.25, 0.3) is 10.2 Å². The standard InChI is InChI=1S/C18H24N4O2S/c1-3-12(2)19-18(24)21-16(23)11-22-10-6-8-14(22)17-20-13-7-4-5-9-15(13)25-17/h4-5,7,9,12,14H,3,6,8,10-11H2,1-2H3,(H2,19,21,23,24)/t12-,14+/m0/s1. The summed E-state index contributed by atoms with van der Waals surface area (Å²) in [5.74, 6) is -0.270. The molecule has 25 heavy (non-hydrogen) atoms. The maximum Gasteiger partial charge on any atom is 0.321 e. The third kappa shape index (κ3) is 4.35. The number of benzene rings is 1. The quantitative estimate of drug-likeness (QED) is 0.859. The minimum atomic E-state index is -0.421. The summed E-state index contributed by atoms with van der Waals surface area (Å²) >= 11 is 1.69. The molecule has 1 aliphatic rings. The summed E-state index contributed by atoms with van der Waals surface area (Å²) in [6, 6.07) is 7.87. The van der Waals surface area contributed by atoms with Gasteiger partial charge in [-0.3, -0.25) is 15.0 Å². The highest BCUT2D eigenvalue weighted by atomic mass is 32.1. The second kappa shape index (κ2) is 7.93. The number of hydrogen-bond donors (Lipinski definition) is 2. The number of rotatable bonds is 5. The molecule has 2 aromatic rings. The molecule has 2 N–H and O–H groups in total. The molecule has 3 amide bonds. The second-order valence-corrected chi connectivity index (χ2v) is 7.54. The lowest BCUT2D eigenvalue weighted by Crippen LogP contribution is -2.46. The first-order valence-corrected chi connectivity index (χ1v) is 9.58. The Morgan fingerprint density at radius 2 is 2.20 bits per heavy atom. The number of thiazole rings is 1.